The summed E-state index contributed by atoms with van der Waals surface area (Å²) in [6.07, 6.45) is 1.66. The highest BCUT2D eigenvalue weighted by Gasteiger charge is 2.35. The smallest absolute Gasteiger partial charge is 0.410 e. The molecule has 6 heteroatoms. The lowest BCUT2D eigenvalue weighted by atomic mass is 9.90. The molecule has 0 radical (unpaired) electrons. The van der Waals surface area contributed by atoms with Gasteiger partial charge in [0, 0.05) is 26.2 Å². The highest BCUT2D eigenvalue weighted by molar-refractivity contribution is 5.78. The SMILES string of the molecule is CCN1CC(C2CCN(C(=O)OC(C)(C)C)CC2)OCC1=O. The molecular weight excluding hydrogens is 284 g/mol. The number of rotatable bonds is 2. The van der Waals surface area contributed by atoms with E-state index in [-0.39, 0.29) is 24.7 Å². The highest BCUT2D eigenvalue weighted by atomic mass is 16.6. The topological polar surface area (TPSA) is 59.1 Å². The third-order valence-corrected chi connectivity index (χ3v) is 4.27. The number of carbonyl (C=O) groups is 2. The van der Waals surface area contributed by atoms with Gasteiger partial charge in [-0.2, -0.15) is 0 Å². The Bertz CT molecular complexity index is 411. The van der Waals surface area contributed by atoms with Crippen LogP contribution in [0.1, 0.15) is 40.5 Å². The van der Waals surface area contributed by atoms with Gasteiger partial charge in [0.25, 0.3) is 0 Å². The van der Waals surface area contributed by atoms with Crippen LogP contribution >= 0.6 is 0 Å². The summed E-state index contributed by atoms with van der Waals surface area (Å²) in [6.45, 7) is 10.6. The summed E-state index contributed by atoms with van der Waals surface area (Å²) in [5.74, 6) is 0.478. The zero-order valence-corrected chi connectivity index (χ0v) is 14.1. The van der Waals surface area contributed by atoms with Crippen molar-refractivity contribution < 1.29 is 19.1 Å². The minimum atomic E-state index is -0.456. The maximum Gasteiger partial charge on any atom is 0.410 e. The molecule has 1 atom stereocenters. The molecule has 6 nitrogen and oxygen atoms in total. The van der Waals surface area contributed by atoms with Crippen LogP contribution in [-0.2, 0) is 14.3 Å². The summed E-state index contributed by atoms with van der Waals surface area (Å²) < 4.78 is 11.1. The molecule has 2 heterocycles. The average Bonchev–Trinajstić information content (AvgIpc) is 2.46. The highest BCUT2D eigenvalue weighted by Crippen LogP contribution is 2.26. The Hall–Kier alpha value is -1.30. The van der Waals surface area contributed by atoms with Crippen LogP contribution in [0.2, 0.25) is 0 Å². The molecule has 2 aliphatic heterocycles. The molecular formula is C16H28N2O4. The largest absolute Gasteiger partial charge is 0.444 e. The second-order valence-electron chi connectivity index (χ2n) is 7.09. The van der Waals surface area contributed by atoms with Crippen LogP contribution in [0.25, 0.3) is 0 Å². The van der Waals surface area contributed by atoms with Crippen LogP contribution in [0.4, 0.5) is 4.79 Å². The number of hydrogen-bond donors (Lipinski definition) is 0. The Morgan fingerprint density at radius 2 is 1.95 bits per heavy atom. The number of hydrogen-bond acceptors (Lipinski definition) is 4. The van der Waals surface area contributed by atoms with Crippen LogP contribution in [0.3, 0.4) is 0 Å². The van der Waals surface area contributed by atoms with Gasteiger partial charge in [0.2, 0.25) is 5.91 Å². The van der Waals surface area contributed by atoms with Gasteiger partial charge in [-0.25, -0.2) is 4.79 Å². The van der Waals surface area contributed by atoms with Crippen molar-refractivity contribution in [2.45, 2.75) is 52.2 Å². The maximum atomic E-state index is 12.1. The summed E-state index contributed by atoms with van der Waals surface area (Å²) >= 11 is 0. The second kappa shape index (κ2) is 6.86. The predicted octanol–water partition coefficient (Wildman–Crippen LogP) is 1.88. The first-order chi connectivity index (χ1) is 10.3. The van der Waals surface area contributed by atoms with Gasteiger partial charge in [-0.1, -0.05) is 0 Å². The molecule has 2 rings (SSSR count). The Labute approximate surface area is 132 Å². The van der Waals surface area contributed by atoms with Gasteiger partial charge in [-0.15, -0.1) is 0 Å². The van der Waals surface area contributed by atoms with E-state index in [1.807, 2.05) is 32.6 Å². The molecule has 2 saturated heterocycles. The fraction of sp³-hybridized carbons (Fsp3) is 0.875. The third kappa shape index (κ3) is 4.35. The van der Waals surface area contributed by atoms with Crippen molar-refractivity contribution >= 4 is 12.0 Å². The van der Waals surface area contributed by atoms with Gasteiger partial charge in [0.05, 0.1) is 6.10 Å². The number of likely N-dealkylation sites (tertiary alicyclic amines) is 1. The second-order valence-corrected chi connectivity index (χ2v) is 7.09. The fourth-order valence-electron chi connectivity index (χ4n) is 3.01. The Morgan fingerprint density at radius 1 is 1.32 bits per heavy atom. The number of morpholine rings is 1. The molecule has 2 amide bonds. The number of ether oxygens (including phenoxy) is 2. The minimum absolute atomic E-state index is 0.0740. The molecule has 2 fully saturated rings. The van der Waals surface area contributed by atoms with E-state index in [0.29, 0.717) is 25.6 Å². The first-order valence-electron chi connectivity index (χ1n) is 8.17. The van der Waals surface area contributed by atoms with Crippen LogP contribution in [0.15, 0.2) is 0 Å². The van der Waals surface area contributed by atoms with Crippen molar-refractivity contribution in [3.63, 3.8) is 0 Å². The van der Waals surface area contributed by atoms with Crippen molar-refractivity contribution in [3.05, 3.63) is 0 Å². The van der Waals surface area contributed by atoms with Gasteiger partial charge in [0.1, 0.15) is 12.2 Å². The van der Waals surface area contributed by atoms with Gasteiger partial charge in [0.15, 0.2) is 0 Å². The van der Waals surface area contributed by atoms with Crippen LogP contribution in [-0.4, -0.2) is 66.3 Å². The Morgan fingerprint density at radius 3 is 2.50 bits per heavy atom. The number of likely N-dealkylation sites (N-methyl/N-ethyl adjacent to an activating group) is 1. The van der Waals surface area contributed by atoms with Crippen molar-refractivity contribution in [2.24, 2.45) is 5.92 Å². The molecule has 0 bridgehead atoms. The van der Waals surface area contributed by atoms with E-state index >= 15 is 0 Å². The van der Waals surface area contributed by atoms with E-state index in [2.05, 4.69) is 0 Å². The van der Waals surface area contributed by atoms with Gasteiger partial charge < -0.3 is 19.3 Å². The van der Waals surface area contributed by atoms with Crippen molar-refractivity contribution in [1.29, 1.82) is 0 Å². The molecule has 0 spiro atoms. The van der Waals surface area contributed by atoms with E-state index in [4.69, 9.17) is 9.47 Å². The van der Waals surface area contributed by atoms with Crippen molar-refractivity contribution in [2.75, 3.05) is 32.8 Å². The standard InChI is InChI=1S/C16H28N2O4/c1-5-17-10-13(21-11-14(17)19)12-6-8-18(9-7-12)15(20)22-16(2,3)4/h12-13H,5-11H2,1-4H3. The minimum Gasteiger partial charge on any atom is -0.444 e. The molecule has 0 N–H and O–H groups in total. The van der Waals surface area contributed by atoms with E-state index in [0.717, 1.165) is 19.4 Å². The molecule has 1 unspecified atom stereocenters. The maximum absolute atomic E-state index is 12.1. The van der Waals surface area contributed by atoms with E-state index < -0.39 is 5.60 Å². The summed E-state index contributed by atoms with van der Waals surface area (Å²) in [5.41, 5.74) is -0.456. The number of carbonyl (C=O) groups excluding carboxylic acids is 2. The molecule has 0 saturated carbocycles. The zero-order chi connectivity index (χ0) is 16.3. The number of piperidine rings is 1. The zero-order valence-electron chi connectivity index (χ0n) is 14.1. The van der Waals surface area contributed by atoms with Gasteiger partial charge in [-0.3, -0.25) is 4.79 Å². The first kappa shape index (κ1) is 17.1. The lowest BCUT2D eigenvalue weighted by Crippen LogP contribution is -2.51. The van der Waals surface area contributed by atoms with Crippen molar-refractivity contribution in [1.82, 2.24) is 9.80 Å². The Balaban J connectivity index is 1.82. The van der Waals surface area contributed by atoms with E-state index in [9.17, 15) is 9.59 Å². The summed E-state index contributed by atoms with van der Waals surface area (Å²) in [7, 11) is 0. The quantitative estimate of drug-likeness (QED) is 0.781. The normalized spacial score (nSPS) is 24.5. The van der Waals surface area contributed by atoms with Gasteiger partial charge in [-0.05, 0) is 46.5 Å². The lowest BCUT2D eigenvalue weighted by Gasteiger charge is -2.40. The summed E-state index contributed by atoms with van der Waals surface area (Å²) in [5, 5.41) is 0. The van der Waals surface area contributed by atoms with Crippen LogP contribution in [0, 0.1) is 5.92 Å². The van der Waals surface area contributed by atoms with Crippen LogP contribution < -0.4 is 0 Å². The number of nitrogens with zero attached hydrogens (tertiary/aromatic N) is 2. The summed E-state index contributed by atoms with van der Waals surface area (Å²) in [4.78, 5) is 27.3. The first-order valence-corrected chi connectivity index (χ1v) is 8.17. The number of amides is 2. The van der Waals surface area contributed by atoms with Gasteiger partial charge >= 0.3 is 6.09 Å². The molecule has 0 aromatic rings. The molecule has 2 aliphatic rings. The Kier molecular flexibility index (Phi) is 5.32. The van der Waals surface area contributed by atoms with Crippen LogP contribution in [0.5, 0.6) is 0 Å². The van der Waals surface area contributed by atoms with E-state index in [1.165, 1.54) is 0 Å². The molecule has 0 aromatic carbocycles. The molecule has 126 valence electrons. The lowest BCUT2D eigenvalue weighted by molar-refractivity contribution is -0.153. The molecule has 0 aromatic heterocycles. The monoisotopic (exact) mass is 312 g/mol. The fourth-order valence-corrected chi connectivity index (χ4v) is 3.01. The molecule has 0 aliphatic carbocycles. The van der Waals surface area contributed by atoms with Crippen molar-refractivity contribution in [3.8, 4) is 0 Å². The predicted molar refractivity (Wildman–Crippen MR) is 82.5 cm³/mol. The summed E-state index contributed by atoms with van der Waals surface area (Å²) in [6, 6.07) is 0. The third-order valence-electron chi connectivity index (χ3n) is 4.27. The van der Waals surface area contributed by atoms with E-state index in [1.54, 1.807) is 4.90 Å². The molecule has 22 heavy (non-hydrogen) atoms. The average molecular weight is 312 g/mol.